The Labute approximate surface area is 89.5 Å². The Morgan fingerprint density at radius 2 is 2.33 bits per heavy atom. The summed E-state index contributed by atoms with van der Waals surface area (Å²) in [5.41, 5.74) is 7.61. The molecule has 0 aliphatic carbocycles. The number of ether oxygens (including phenoxy) is 1. The number of nitrogens with zero attached hydrogens (tertiary/aromatic N) is 1. The summed E-state index contributed by atoms with van der Waals surface area (Å²) in [6, 6.07) is 5.75. The summed E-state index contributed by atoms with van der Waals surface area (Å²) in [4.78, 5) is 5.42. The highest BCUT2D eigenvalue weighted by molar-refractivity contribution is 5.47. The van der Waals surface area contributed by atoms with E-state index in [1.54, 1.807) is 7.11 Å². The van der Waals surface area contributed by atoms with Gasteiger partial charge in [0.25, 0.3) is 0 Å². The van der Waals surface area contributed by atoms with Crippen molar-refractivity contribution in [3.05, 3.63) is 23.8 Å². The Hall–Kier alpha value is -1.26. The van der Waals surface area contributed by atoms with Crippen LogP contribution in [0.1, 0.15) is 12.0 Å². The van der Waals surface area contributed by atoms with E-state index >= 15 is 0 Å². The van der Waals surface area contributed by atoms with Crippen LogP contribution < -0.4 is 10.5 Å². The summed E-state index contributed by atoms with van der Waals surface area (Å²) < 4.78 is 5.16. The third-order valence-corrected chi connectivity index (χ3v) is 2.41. The average molecular weight is 208 g/mol. The molecule has 0 aromatic heterocycles. The molecular formula is C11H16N2O2. The molecule has 0 atom stereocenters. The van der Waals surface area contributed by atoms with Gasteiger partial charge < -0.3 is 10.5 Å². The van der Waals surface area contributed by atoms with Crippen molar-refractivity contribution in [2.24, 2.45) is 0 Å². The maximum Gasteiger partial charge on any atom is 0.121 e. The average Bonchev–Trinajstić information content (AvgIpc) is 2.69. The van der Waals surface area contributed by atoms with Crippen LogP contribution in [0.15, 0.2) is 18.2 Å². The minimum Gasteiger partial charge on any atom is -0.497 e. The summed E-state index contributed by atoms with van der Waals surface area (Å²) in [6.07, 6.45) is 1.10. The van der Waals surface area contributed by atoms with Crippen LogP contribution in [-0.4, -0.2) is 25.3 Å². The van der Waals surface area contributed by atoms with E-state index in [0.717, 1.165) is 43.1 Å². The number of nitrogen functional groups attached to an aromatic ring is 1. The van der Waals surface area contributed by atoms with Crippen LogP contribution in [0.3, 0.4) is 0 Å². The molecule has 0 unspecified atom stereocenters. The minimum atomic E-state index is 0.726. The molecule has 1 aliphatic rings. The fourth-order valence-corrected chi connectivity index (χ4v) is 1.72. The molecule has 1 saturated heterocycles. The molecule has 0 spiro atoms. The van der Waals surface area contributed by atoms with E-state index in [1.807, 2.05) is 23.3 Å². The minimum absolute atomic E-state index is 0.726. The maximum absolute atomic E-state index is 5.77. The smallest absolute Gasteiger partial charge is 0.121 e. The highest BCUT2D eigenvalue weighted by Gasteiger charge is 2.13. The van der Waals surface area contributed by atoms with Gasteiger partial charge in [-0.2, -0.15) is 5.06 Å². The van der Waals surface area contributed by atoms with Gasteiger partial charge in [0.2, 0.25) is 0 Å². The zero-order valence-electron chi connectivity index (χ0n) is 8.90. The Bertz CT molecular complexity index is 335. The van der Waals surface area contributed by atoms with Crippen LogP contribution in [-0.2, 0) is 11.4 Å². The monoisotopic (exact) mass is 208 g/mol. The summed E-state index contributed by atoms with van der Waals surface area (Å²) >= 11 is 0. The van der Waals surface area contributed by atoms with Gasteiger partial charge in [-0.15, -0.1) is 0 Å². The molecule has 1 fully saturated rings. The van der Waals surface area contributed by atoms with Crippen LogP contribution in [0.25, 0.3) is 0 Å². The first kappa shape index (κ1) is 10.3. The predicted octanol–water partition coefficient (Wildman–Crippen LogP) is 1.41. The number of methoxy groups -OCH3 is 1. The molecule has 1 aliphatic heterocycles. The highest BCUT2D eigenvalue weighted by atomic mass is 16.7. The molecule has 0 saturated carbocycles. The SMILES string of the molecule is COc1cc(N)cc(CN2CCCO2)c1. The Kier molecular flexibility index (Phi) is 3.08. The number of hydrogen-bond donors (Lipinski definition) is 1. The number of hydroxylamine groups is 2. The standard InChI is InChI=1S/C11H16N2O2/c1-14-11-6-9(5-10(12)7-11)8-13-3-2-4-15-13/h5-7H,2-4,8,12H2,1H3. The van der Waals surface area contributed by atoms with Crippen LogP contribution in [0, 0.1) is 0 Å². The second-order valence-corrected chi connectivity index (χ2v) is 3.66. The van der Waals surface area contributed by atoms with Gasteiger partial charge >= 0.3 is 0 Å². The van der Waals surface area contributed by atoms with E-state index in [0.29, 0.717) is 0 Å². The second kappa shape index (κ2) is 4.51. The lowest BCUT2D eigenvalue weighted by atomic mass is 10.2. The number of rotatable bonds is 3. The lowest BCUT2D eigenvalue weighted by molar-refractivity contribution is -0.117. The van der Waals surface area contributed by atoms with Crippen molar-refractivity contribution >= 4 is 5.69 Å². The first-order valence-electron chi connectivity index (χ1n) is 5.09. The molecule has 4 nitrogen and oxygen atoms in total. The third-order valence-electron chi connectivity index (χ3n) is 2.41. The van der Waals surface area contributed by atoms with Gasteiger partial charge in [0.05, 0.1) is 13.7 Å². The highest BCUT2D eigenvalue weighted by Crippen LogP contribution is 2.20. The molecule has 1 heterocycles. The van der Waals surface area contributed by atoms with Gasteiger partial charge in [-0.1, -0.05) is 0 Å². The van der Waals surface area contributed by atoms with Crippen LogP contribution in [0.5, 0.6) is 5.75 Å². The molecule has 82 valence electrons. The van der Waals surface area contributed by atoms with Crippen molar-refractivity contribution in [2.75, 3.05) is 26.0 Å². The number of hydrogen-bond acceptors (Lipinski definition) is 4. The van der Waals surface area contributed by atoms with Gasteiger partial charge in [0.15, 0.2) is 0 Å². The van der Waals surface area contributed by atoms with Crippen molar-refractivity contribution in [1.29, 1.82) is 0 Å². The Morgan fingerprint density at radius 1 is 1.47 bits per heavy atom. The molecule has 0 bridgehead atoms. The van der Waals surface area contributed by atoms with E-state index in [4.69, 9.17) is 15.3 Å². The molecule has 1 aromatic rings. The molecule has 4 heteroatoms. The third kappa shape index (κ3) is 2.61. The normalized spacial score (nSPS) is 16.9. The van der Waals surface area contributed by atoms with Crippen molar-refractivity contribution in [2.45, 2.75) is 13.0 Å². The van der Waals surface area contributed by atoms with E-state index in [-0.39, 0.29) is 0 Å². The van der Waals surface area contributed by atoms with Crippen LogP contribution in [0.2, 0.25) is 0 Å². The van der Waals surface area contributed by atoms with Crippen molar-refractivity contribution < 1.29 is 9.57 Å². The van der Waals surface area contributed by atoms with Crippen LogP contribution in [0.4, 0.5) is 5.69 Å². The lowest BCUT2D eigenvalue weighted by Crippen LogP contribution is -2.17. The lowest BCUT2D eigenvalue weighted by Gasteiger charge is -2.14. The Morgan fingerprint density at radius 3 is 3.00 bits per heavy atom. The summed E-state index contributed by atoms with van der Waals surface area (Å²) in [5.74, 6) is 0.796. The quantitative estimate of drug-likeness (QED) is 0.763. The largest absolute Gasteiger partial charge is 0.497 e. The fraction of sp³-hybridized carbons (Fsp3) is 0.455. The molecule has 0 amide bonds. The Balaban J connectivity index is 2.09. The zero-order valence-corrected chi connectivity index (χ0v) is 8.90. The van der Waals surface area contributed by atoms with Crippen molar-refractivity contribution in [3.63, 3.8) is 0 Å². The predicted molar refractivity (Wildman–Crippen MR) is 58.4 cm³/mol. The maximum atomic E-state index is 5.77. The summed E-state index contributed by atoms with van der Waals surface area (Å²) in [6.45, 7) is 2.57. The van der Waals surface area contributed by atoms with Gasteiger partial charge in [-0.05, 0) is 24.1 Å². The molecule has 15 heavy (non-hydrogen) atoms. The van der Waals surface area contributed by atoms with E-state index in [1.165, 1.54) is 0 Å². The van der Waals surface area contributed by atoms with Gasteiger partial charge in [-0.3, -0.25) is 4.84 Å². The summed E-state index contributed by atoms with van der Waals surface area (Å²) in [5, 5.41) is 1.95. The van der Waals surface area contributed by atoms with Crippen LogP contribution >= 0.6 is 0 Å². The summed E-state index contributed by atoms with van der Waals surface area (Å²) in [7, 11) is 1.64. The molecule has 2 N–H and O–H groups in total. The fourth-order valence-electron chi connectivity index (χ4n) is 1.72. The molecule has 2 rings (SSSR count). The molecular weight excluding hydrogens is 192 g/mol. The van der Waals surface area contributed by atoms with Crippen molar-refractivity contribution in [3.8, 4) is 5.75 Å². The zero-order chi connectivity index (χ0) is 10.7. The van der Waals surface area contributed by atoms with Gasteiger partial charge in [0.1, 0.15) is 5.75 Å². The molecule has 1 aromatic carbocycles. The topological polar surface area (TPSA) is 47.7 Å². The number of benzene rings is 1. The van der Waals surface area contributed by atoms with Gasteiger partial charge in [0, 0.05) is 24.8 Å². The van der Waals surface area contributed by atoms with Gasteiger partial charge in [-0.25, -0.2) is 0 Å². The van der Waals surface area contributed by atoms with Crippen molar-refractivity contribution in [1.82, 2.24) is 5.06 Å². The first-order valence-corrected chi connectivity index (χ1v) is 5.09. The number of anilines is 1. The number of nitrogens with two attached hydrogens (primary N) is 1. The van der Waals surface area contributed by atoms with E-state index < -0.39 is 0 Å². The second-order valence-electron chi connectivity index (χ2n) is 3.66. The van der Waals surface area contributed by atoms with E-state index in [2.05, 4.69) is 0 Å². The van der Waals surface area contributed by atoms with E-state index in [9.17, 15) is 0 Å². The molecule has 0 radical (unpaired) electrons. The first-order chi connectivity index (χ1) is 7.28.